The summed E-state index contributed by atoms with van der Waals surface area (Å²) in [5.41, 5.74) is 1.27. The molecule has 2 heterocycles. The van der Waals surface area contributed by atoms with E-state index in [1.807, 2.05) is 35.9 Å². The highest BCUT2D eigenvalue weighted by atomic mass is 16.6. The largest absolute Gasteiger partial charge is 0.497 e. The Bertz CT molecular complexity index is 1390. The quantitative estimate of drug-likeness (QED) is 0.297. The van der Waals surface area contributed by atoms with Gasteiger partial charge < -0.3 is 19.0 Å². The molecule has 0 fully saturated rings. The van der Waals surface area contributed by atoms with Crippen LogP contribution in [0.2, 0.25) is 0 Å². The van der Waals surface area contributed by atoms with E-state index in [2.05, 4.69) is 10.3 Å². The van der Waals surface area contributed by atoms with Crippen LogP contribution in [0.25, 0.3) is 11.1 Å². The standard InChI is InChI=1S/C23H23N5O6/c1-26-13-11-24-22(26)21(15-5-8-17(33-2)9-6-15)25-20(29)4-3-12-27-18-10-7-16(28(31)32)14-19(18)34-23(27)30/h5-11,13-14,21H,3-4,12H2,1-2H3,(H,25,29). The first-order chi connectivity index (χ1) is 16.4. The molecule has 176 valence electrons. The van der Waals surface area contributed by atoms with E-state index in [4.69, 9.17) is 9.15 Å². The molecule has 1 atom stereocenters. The molecule has 11 nitrogen and oxygen atoms in total. The number of ether oxygens (including phenoxy) is 1. The number of hydrogen-bond donors (Lipinski definition) is 1. The molecular formula is C23H23N5O6. The van der Waals surface area contributed by atoms with Crippen molar-refractivity contribution in [1.82, 2.24) is 19.4 Å². The fourth-order valence-corrected chi connectivity index (χ4v) is 3.76. The van der Waals surface area contributed by atoms with Crippen molar-refractivity contribution >= 4 is 22.7 Å². The number of hydrogen-bond acceptors (Lipinski definition) is 7. The maximum atomic E-state index is 12.8. The molecule has 2 aromatic carbocycles. The molecule has 0 radical (unpaired) electrons. The molecule has 0 saturated carbocycles. The Hall–Kier alpha value is -4.41. The van der Waals surface area contributed by atoms with Crippen molar-refractivity contribution in [3.05, 3.63) is 86.9 Å². The molecule has 2 aromatic heterocycles. The van der Waals surface area contributed by atoms with Crippen LogP contribution in [-0.2, 0) is 18.4 Å². The summed E-state index contributed by atoms with van der Waals surface area (Å²) in [4.78, 5) is 39.8. The molecule has 0 bridgehead atoms. The van der Waals surface area contributed by atoms with Crippen LogP contribution in [0.1, 0.15) is 30.3 Å². The number of rotatable bonds is 9. The lowest BCUT2D eigenvalue weighted by atomic mass is 10.1. The second-order valence-electron chi connectivity index (χ2n) is 7.70. The summed E-state index contributed by atoms with van der Waals surface area (Å²) >= 11 is 0. The number of nitro groups is 1. The van der Waals surface area contributed by atoms with Gasteiger partial charge in [0.15, 0.2) is 5.58 Å². The maximum Gasteiger partial charge on any atom is 0.419 e. The highest BCUT2D eigenvalue weighted by Crippen LogP contribution is 2.24. The number of imidazole rings is 1. The minimum atomic E-state index is -0.625. The Morgan fingerprint density at radius 1 is 1.26 bits per heavy atom. The Labute approximate surface area is 193 Å². The number of nitro benzene ring substituents is 1. The van der Waals surface area contributed by atoms with Gasteiger partial charge in [-0.2, -0.15) is 0 Å². The van der Waals surface area contributed by atoms with Gasteiger partial charge in [0.2, 0.25) is 5.91 Å². The molecule has 1 amide bonds. The molecule has 0 aliphatic heterocycles. The lowest BCUT2D eigenvalue weighted by Crippen LogP contribution is -2.31. The van der Waals surface area contributed by atoms with Crippen LogP contribution < -0.4 is 15.8 Å². The van der Waals surface area contributed by atoms with Gasteiger partial charge in [0.25, 0.3) is 5.69 Å². The summed E-state index contributed by atoms with van der Waals surface area (Å²) in [6.45, 7) is 0.229. The van der Waals surface area contributed by atoms with Gasteiger partial charge in [-0.3, -0.25) is 19.5 Å². The summed E-state index contributed by atoms with van der Waals surface area (Å²) in [5, 5.41) is 14.0. The number of nitrogens with one attached hydrogen (secondary N) is 1. The molecule has 0 aliphatic rings. The molecule has 34 heavy (non-hydrogen) atoms. The summed E-state index contributed by atoms with van der Waals surface area (Å²) in [6, 6.07) is 10.9. The van der Waals surface area contributed by atoms with Gasteiger partial charge in [-0.05, 0) is 30.2 Å². The van der Waals surface area contributed by atoms with E-state index in [0.29, 0.717) is 23.5 Å². The monoisotopic (exact) mass is 465 g/mol. The first-order valence-corrected chi connectivity index (χ1v) is 10.6. The maximum absolute atomic E-state index is 12.8. The summed E-state index contributed by atoms with van der Waals surface area (Å²) < 4.78 is 13.6. The van der Waals surface area contributed by atoms with E-state index < -0.39 is 16.7 Å². The third-order valence-corrected chi connectivity index (χ3v) is 5.52. The molecule has 4 rings (SSSR count). The smallest absolute Gasteiger partial charge is 0.419 e. The molecule has 1 N–H and O–H groups in total. The van der Waals surface area contributed by atoms with E-state index in [-0.39, 0.29) is 30.1 Å². The number of non-ortho nitro benzene ring substituents is 1. The van der Waals surface area contributed by atoms with Crippen LogP contribution in [-0.4, -0.2) is 32.1 Å². The first-order valence-electron chi connectivity index (χ1n) is 10.6. The van der Waals surface area contributed by atoms with Crippen LogP contribution in [0.3, 0.4) is 0 Å². The number of methoxy groups -OCH3 is 1. The Morgan fingerprint density at radius 2 is 2.03 bits per heavy atom. The number of aryl methyl sites for hydroxylation is 2. The second-order valence-corrected chi connectivity index (χ2v) is 7.70. The number of aromatic nitrogens is 3. The van der Waals surface area contributed by atoms with Gasteiger partial charge in [0.1, 0.15) is 17.6 Å². The van der Waals surface area contributed by atoms with Gasteiger partial charge in [0, 0.05) is 38.5 Å². The first kappa shape index (κ1) is 22.8. The van der Waals surface area contributed by atoms with Crippen molar-refractivity contribution in [2.24, 2.45) is 7.05 Å². The number of carbonyl (C=O) groups is 1. The van der Waals surface area contributed by atoms with Crippen LogP contribution >= 0.6 is 0 Å². The van der Waals surface area contributed by atoms with Crippen molar-refractivity contribution in [2.45, 2.75) is 25.4 Å². The van der Waals surface area contributed by atoms with Crippen molar-refractivity contribution in [1.29, 1.82) is 0 Å². The van der Waals surface area contributed by atoms with E-state index in [9.17, 15) is 19.7 Å². The summed E-state index contributed by atoms with van der Waals surface area (Å²) in [5.74, 6) is 0.550. The Balaban J connectivity index is 1.45. The molecule has 1 unspecified atom stereocenters. The fraction of sp³-hybridized carbons (Fsp3) is 0.261. The minimum Gasteiger partial charge on any atom is -0.497 e. The van der Waals surface area contributed by atoms with Gasteiger partial charge in [-0.1, -0.05) is 12.1 Å². The zero-order valence-electron chi connectivity index (χ0n) is 18.6. The van der Waals surface area contributed by atoms with Crippen LogP contribution in [0.5, 0.6) is 5.75 Å². The molecule has 0 saturated heterocycles. The van der Waals surface area contributed by atoms with Crippen molar-refractivity contribution in [2.75, 3.05) is 7.11 Å². The SMILES string of the molecule is COc1ccc(C(NC(=O)CCCn2c(=O)oc3cc([N+](=O)[O-])ccc32)c2nccn2C)cc1. The molecule has 0 spiro atoms. The summed E-state index contributed by atoms with van der Waals surface area (Å²) in [6.07, 6.45) is 3.99. The predicted molar refractivity (Wildman–Crippen MR) is 123 cm³/mol. The zero-order chi connectivity index (χ0) is 24.2. The van der Waals surface area contributed by atoms with Crippen LogP contribution in [0.15, 0.2) is 64.1 Å². The molecule has 4 aromatic rings. The number of carbonyl (C=O) groups excluding carboxylic acids is 1. The highest BCUT2D eigenvalue weighted by molar-refractivity contribution is 5.77. The van der Waals surface area contributed by atoms with Gasteiger partial charge in [-0.15, -0.1) is 0 Å². The van der Waals surface area contributed by atoms with E-state index in [1.165, 1.54) is 22.8 Å². The van der Waals surface area contributed by atoms with Crippen LogP contribution in [0, 0.1) is 10.1 Å². The van der Waals surface area contributed by atoms with Crippen LogP contribution in [0.4, 0.5) is 5.69 Å². The van der Waals surface area contributed by atoms with E-state index >= 15 is 0 Å². The third kappa shape index (κ3) is 4.68. The lowest BCUT2D eigenvalue weighted by Gasteiger charge is -2.19. The van der Waals surface area contributed by atoms with E-state index in [1.54, 1.807) is 19.5 Å². The van der Waals surface area contributed by atoms with E-state index in [0.717, 1.165) is 5.56 Å². The number of oxazole rings is 1. The Morgan fingerprint density at radius 3 is 2.68 bits per heavy atom. The predicted octanol–water partition coefficient (Wildman–Crippen LogP) is 2.93. The van der Waals surface area contributed by atoms with Gasteiger partial charge >= 0.3 is 5.76 Å². The number of nitrogens with zero attached hydrogens (tertiary/aromatic N) is 4. The number of amides is 1. The number of fused-ring (bicyclic) bond motifs is 1. The average molecular weight is 465 g/mol. The minimum absolute atomic E-state index is 0.137. The highest BCUT2D eigenvalue weighted by Gasteiger charge is 2.21. The third-order valence-electron chi connectivity index (χ3n) is 5.52. The molecular weight excluding hydrogens is 442 g/mol. The zero-order valence-corrected chi connectivity index (χ0v) is 18.6. The topological polar surface area (TPSA) is 134 Å². The van der Waals surface area contributed by atoms with Crippen molar-refractivity contribution in [3.63, 3.8) is 0 Å². The van der Waals surface area contributed by atoms with Crippen molar-refractivity contribution in [3.8, 4) is 5.75 Å². The molecule has 11 heteroatoms. The van der Waals surface area contributed by atoms with Crippen molar-refractivity contribution < 1.29 is 18.9 Å². The summed E-state index contributed by atoms with van der Waals surface area (Å²) in [7, 11) is 3.44. The number of benzene rings is 2. The average Bonchev–Trinajstić information content (AvgIpc) is 3.39. The fourth-order valence-electron chi connectivity index (χ4n) is 3.76. The van der Waals surface area contributed by atoms with Gasteiger partial charge in [0.05, 0.1) is 23.6 Å². The lowest BCUT2D eigenvalue weighted by molar-refractivity contribution is -0.384. The Kier molecular flexibility index (Phi) is 6.44. The van der Waals surface area contributed by atoms with Gasteiger partial charge in [-0.25, -0.2) is 9.78 Å². The normalized spacial score (nSPS) is 11.9. The molecule has 0 aliphatic carbocycles. The second kappa shape index (κ2) is 9.61.